The number of anilines is 1. The summed E-state index contributed by atoms with van der Waals surface area (Å²) < 4.78 is 5.19. The van der Waals surface area contributed by atoms with Gasteiger partial charge in [0.25, 0.3) is 5.91 Å². The number of furan rings is 1. The molecule has 2 aromatic heterocycles. The van der Waals surface area contributed by atoms with Crippen LogP contribution >= 0.6 is 11.6 Å². The van der Waals surface area contributed by atoms with Gasteiger partial charge in [-0.2, -0.15) is 0 Å². The second-order valence-electron chi connectivity index (χ2n) is 6.93. The highest BCUT2D eigenvalue weighted by Gasteiger charge is 2.25. The van der Waals surface area contributed by atoms with E-state index >= 15 is 0 Å². The predicted octanol–water partition coefficient (Wildman–Crippen LogP) is 2.20. The van der Waals surface area contributed by atoms with Crippen LogP contribution < -0.4 is 20.9 Å². The van der Waals surface area contributed by atoms with Gasteiger partial charge in [0.05, 0.1) is 11.3 Å². The van der Waals surface area contributed by atoms with Crippen LogP contribution in [0.1, 0.15) is 29.0 Å². The molecule has 2 aromatic rings. The number of aromatic nitrogens is 1. The number of hydrogen-bond acceptors (Lipinski definition) is 5. The standard InChI is InChI=1S/C20H27ClN6O2/c1-14-7-12-29-17(14)19(28)24-9-4-10-25-20(22-2)26-15-6-11-27(13-15)18-16(21)5-3-8-23-18/h3,5,7-8,12,15H,4,6,9-11,13H2,1-2H3,(H,24,28)(H2,22,25,26). The van der Waals surface area contributed by atoms with Gasteiger partial charge in [-0.1, -0.05) is 11.6 Å². The molecule has 0 spiro atoms. The maximum Gasteiger partial charge on any atom is 0.287 e. The molecule has 1 unspecified atom stereocenters. The molecule has 0 aliphatic carbocycles. The number of nitrogens with zero attached hydrogens (tertiary/aromatic N) is 3. The molecule has 1 aliphatic heterocycles. The number of guanidine groups is 1. The first-order valence-electron chi connectivity index (χ1n) is 9.73. The molecule has 0 saturated carbocycles. The molecule has 0 bridgehead atoms. The lowest BCUT2D eigenvalue weighted by molar-refractivity contribution is 0.0925. The van der Waals surface area contributed by atoms with E-state index in [0.717, 1.165) is 43.3 Å². The molecular weight excluding hydrogens is 392 g/mol. The van der Waals surface area contributed by atoms with E-state index in [-0.39, 0.29) is 11.9 Å². The van der Waals surface area contributed by atoms with Crippen LogP contribution in [0.5, 0.6) is 0 Å². The van der Waals surface area contributed by atoms with Gasteiger partial charge in [-0.25, -0.2) is 4.98 Å². The summed E-state index contributed by atoms with van der Waals surface area (Å²) >= 11 is 6.25. The Morgan fingerprint density at radius 3 is 2.93 bits per heavy atom. The maximum absolute atomic E-state index is 12.0. The van der Waals surface area contributed by atoms with Crippen molar-refractivity contribution in [1.29, 1.82) is 0 Å². The fourth-order valence-electron chi connectivity index (χ4n) is 3.25. The summed E-state index contributed by atoms with van der Waals surface area (Å²) in [5, 5.41) is 10.3. The van der Waals surface area contributed by atoms with Gasteiger partial charge in [0.1, 0.15) is 5.82 Å². The van der Waals surface area contributed by atoms with Crippen molar-refractivity contribution < 1.29 is 9.21 Å². The highest BCUT2D eigenvalue weighted by atomic mass is 35.5. The normalized spacial score (nSPS) is 16.7. The quantitative estimate of drug-likeness (QED) is 0.362. The average Bonchev–Trinajstić information content (AvgIpc) is 3.36. The summed E-state index contributed by atoms with van der Waals surface area (Å²) in [5.41, 5.74) is 0.836. The molecule has 8 nitrogen and oxygen atoms in total. The van der Waals surface area contributed by atoms with E-state index in [9.17, 15) is 4.79 Å². The Morgan fingerprint density at radius 1 is 1.38 bits per heavy atom. The van der Waals surface area contributed by atoms with Gasteiger partial charge in [-0.05, 0) is 38.0 Å². The molecule has 1 fully saturated rings. The van der Waals surface area contributed by atoms with Crippen LogP contribution in [0.25, 0.3) is 0 Å². The van der Waals surface area contributed by atoms with Crippen molar-refractivity contribution in [2.75, 3.05) is 38.1 Å². The Kier molecular flexibility index (Phi) is 7.35. The molecule has 9 heteroatoms. The summed E-state index contributed by atoms with van der Waals surface area (Å²) in [7, 11) is 1.75. The van der Waals surface area contributed by atoms with E-state index in [1.54, 1.807) is 19.3 Å². The molecule has 1 amide bonds. The number of pyridine rings is 1. The molecule has 3 N–H and O–H groups in total. The first-order valence-corrected chi connectivity index (χ1v) is 10.1. The van der Waals surface area contributed by atoms with Gasteiger partial charge in [0.15, 0.2) is 11.7 Å². The Labute approximate surface area is 175 Å². The zero-order chi connectivity index (χ0) is 20.6. The van der Waals surface area contributed by atoms with Crippen LogP contribution in [0.4, 0.5) is 5.82 Å². The van der Waals surface area contributed by atoms with Crippen LogP contribution in [0.3, 0.4) is 0 Å². The van der Waals surface area contributed by atoms with Crippen molar-refractivity contribution in [3.63, 3.8) is 0 Å². The third-order valence-electron chi connectivity index (χ3n) is 4.79. The molecule has 0 radical (unpaired) electrons. The maximum atomic E-state index is 12.0. The van der Waals surface area contributed by atoms with Gasteiger partial charge >= 0.3 is 0 Å². The van der Waals surface area contributed by atoms with Crippen molar-refractivity contribution in [3.8, 4) is 0 Å². The smallest absolute Gasteiger partial charge is 0.287 e. The number of halogens is 1. The summed E-state index contributed by atoms with van der Waals surface area (Å²) in [4.78, 5) is 22.8. The van der Waals surface area contributed by atoms with E-state index in [2.05, 4.69) is 30.8 Å². The predicted molar refractivity (Wildman–Crippen MR) is 115 cm³/mol. The van der Waals surface area contributed by atoms with Gasteiger partial charge in [0.2, 0.25) is 0 Å². The van der Waals surface area contributed by atoms with Crippen molar-refractivity contribution in [2.24, 2.45) is 4.99 Å². The second kappa shape index (κ2) is 10.2. The van der Waals surface area contributed by atoms with Crippen molar-refractivity contribution in [2.45, 2.75) is 25.8 Å². The number of amides is 1. The number of hydrogen-bond donors (Lipinski definition) is 3. The molecule has 0 aromatic carbocycles. The number of carbonyl (C=O) groups excluding carboxylic acids is 1. The molecule has 1 atom stereocenters. The molecule has 1 aliphatic rings. The van der Waals surface area contributed by atoms with Crippen LogP contribution in [0, 0.1) is 6.92 Å². The van der Waals surface area contributed by atoms with Crippen molar-refractivity contribution in [1.82, 2.24) is 20.9 Å². The van der Waals surface area contributed by atoms with Crippen molar-refractivity contribution >= 4 is 29.3 Å². The zero-order valence-corrected chi connectivity index (χ0v) is 17.5. The highest BCUT2D eigenvalue weighted by molar-refractivity contribution is 6.32. The first kappa shape index (κ1) is 21.0. The third-order valence-corrected chi connectivity index (χ3v) is 5.09. The lowest BCUT2D eigenvalue weighted by Crippen LogP contribution is -2.45. The summed E-state index contributed by atoms with van der Waals surface area (Å²) in [6, 6.07) is 5.73. The zero-order valence-electron chi connectivity index (χ0n) is 16.7. The van der Waals surface area contributed by atoms with E-state index in [1.807, 2.05) is 19.1 Å². The van der Waals surface area contributed by atoms with Crippen LogP contribution in [0.2, 0.25) is 5.02 Å². The largest absolute Gasteiger partial charge is 0.459 e. The second-order valence-corrected chi connectivity index (χ2v) is 7.33. The minimum absolute atomic E-state index is 0.186. The van der Waals surface area contributed by atoms with Crippen LogP contribution in [0.15, 0.2) is 40.1 Å². The van der Waals surface area contributed by atoms with Gasteiger partial charge in [-0.15, -0.1) is 0 Å². The van der Waals surface area contributed by atoms with E-state index in [4.69, 9.17) is 16.0 Å². The SMILES string of the molecule is CN=C(NCCCNC(=O)c1occc1C)NC1CCN(c2ncccc2Cl)C1. The Morgan fingerprint density at radius 2 is 2.21 bits per heavy atom. The minimum atomic E-state index is -0.186. The summed E-state index contributed by atoms with van der Waals surface area (Å²) in [6.07, 6.45) is 5.03. The minimum Gasteiger partial charge on any atom is -0.459 e. The van der Waals surface area contributed by atoms with E-state index in [1.165, 1.54) is 6.26 Å². The number of nitrogens with one attached hydrogen (secondary N) is 3. The van der Waals surface area contributed by atoms with E-state index in [0.29, 0.717) is 23.9 Å². The number of aliphatic imine (C=N–C) groups is 1. The van der Waals surface area contributed by atoms with Gasteiger partial charge in [-0.3, -0.25) is 9.79 Å². The fourth-order valence-corrected chi connectivity index (χ4v) is 3.49. The lowest BCUT2D eigenvalue weighted by atomic mass is 10.2. The van der Waals surface area contributed by atoms with E-state index < -0.39 is 0 Å². The van der Waals surface area contributed by atoms with Crippen LogP contribution in [-0.4, -0.2) is 56.1 Å². The van der Waals surface area contributed by atoms with Crippen LogP contribution in [-0.2, 0) is 0 Å². The molecule has 29 heavy (non-hydrogen) atoms. The Balaban J connectivity index is 1.36. The fraction of sp³-hybridized carbons (Fsp3) is 0.450. The monoisotopic (exact) mass is 418 g/mol. The highest BCUT2D eigenvalue weighted by Crippen LogP contribution is 2.25. The topological polar surface area (TPSA) is 94.8 Å². The molecule has 3 heterocycles. The third kappa shape index (κ3) is 5.63. The summed E-state index contributed by atoms with van der Waals surface area (Å²) in [5.74, 6) is 1.75. The lowest BCUT2D eigenvalue weighted by Gasteiger charge is -2.20. The summed E-state index contributed by atoms with van der Waals surface area (Å²) in [6.45, 7) is 4.80. The number of carbonyl (C=O) groups is 1. The molecule has 3 rings (SSSR count). The van der Waals surface area contributed by atoms with Crippen molar-refractivity contribution in [3.05, 3.63) is 47.0 Å². The average molecular weight is 419 g/mol. The first-order chi connectivity index (χ1) is 14.1. The Hall–Kier alpha value is -2.74. The molecular formula is C20H27ClN6O2. The Bertz CT molecular complexity index is 853. The molecule has 1 saturated heterocycles. The molecule has 156 valence electrons. The van der Waals surface area contributed by atoms with Gasteiger partial charge < -0.3 is 25.3 Å². The number of rotatable bonds is 7. The van der Waals surface area contributed by atoms with Gasteiger partial charge in [0, 0.05) is 51.0 Å². The number of aryl methyl sites for hydroxylation is 1.